The lowest BCUT2D eigenvalue weighted by molar-refractivity contribution is -0.137. The molecule has 5 nitrogen and oxygen atoms in total. The summed E-state index contributed by atoms with van der Waals surface area (Å²) in [5.41, 5.74) is 1.82. The van der Waals surface area contributed by atoms with Gasteiger partial charge in [-0.05, 0) is 61.7 Å². The smallest absolute Gasteiger partial charge is 0.416 e. The van der Waals surface area contributed by atoms with E-state index in [0.29, 0.717) is 29.2 Å². The van der Waals surface area contributed by atoms with E-state index in [1.54, 1.807) is 20.8 Å². The van der Waals surface area contributed by atoms with E-state index >= 15 is 0 Å². The van der Waals surface area contributed by atoms with Crippen molar-refractivity contribution in [3.63, 3.8) is 0 Å². The van der Waals surface area contributed by atoms with Gasteiger partial charge in [0.05, 0.1) is 16.2 Å². The SMILES string of the molecule is Cc1nc(NS(=O)(=O)c2ccc(C(F)(F)F)cc2)c(C)c(C)c1OCc1ccccc1. The molecule has 1 aromatic heterocycles. The lowest BCUT2D eigenvalue weighted by Gasteiger charge is -2.17. The number of nitrogens with one attached hydrogen (secondary N) is 1. The molecule has 164 valence electrons. The standard InChI is InChI=1S/C22H21F3N2O3S/c1-14-15(2)21(26-16(3)20(14)30-13-17-7-5-4-6-8-17)27-31(28,29)19-11-9-18(10-12-19)22(23,24)25/h4-12H,13H2,1-3H3,(H,26,27). The number of ether oxygens (including phenoxy) is 1. The zero-order valence-corrected chi connectivity index (χ0v) is 17.9. The molecular formula is C22H21F3N2O3S. The second-order valence-corrected chi connectivity index (χ2v) is 8.71. The van der Waals surface area contributed by atoms with Gasteiger partial charge in [-0.15, -0.1) is 0 Å². The molecule has 2 aromatic carbocycles. The summed E-state index contributed by atoms with van der Waals surface area (Å²) in [6.45, 7) is 5.52. The molecule has 0 saturated carbocycles. The van der Waals surface area contributed by atoms with Gasteiger partial charge in [0.15, 0.2) is 0 Å². The molecule has 0 radical (unpaired) electrons. The number of pyridine rings is 1. The van der Waals surface area contributed by atoms with E-state index in [0.717, 1.165) is 29.8 Å². The van der Waals surface area contributed by atoms with E-state index in [1.165, 1.54) is 0 Å². The van der Waals surface area contributed by atoms with Crippen molar-refractivity contribution in [1.29, 1.82) is 0 Å². The molecule has 0 aliphatic heterocycles. The highest BCUT2D eigenvalue weighted by molar-refractivity contribution is 7.92. The van der Waals surface area contributed by atoms with Gasteiger partial charge in [-0.2, -0.15) is 13.2 Å². The molecule has 31 heavy (non-hydrogen) atoms. The van der Waals surface area contributed by atoms with Crippen LogP contribution in [0.3, 0.4) is 0 Å². The topological polar surface area (TPSA) is 68.3 Å². The number of rotatable bonds is 6. The lowest BCUT2D eigenvalue weighted by atomic mass is 10.1. The molecular weight excluding hydrogens is 429 g/mol. The first-order valence-electron chi connectivity index (χ1n) is 9.33. The maximum Gasteiger partial charge on any atom is 0.416 e. The normalized spacial score (nSPS) is 11.9. The number of aryl methyl sites for hydroxylation is 1. The second-order valence-electron chi connectivity index (χ2n) is 7.03. The third-order valence-corrected chi connectivity index (χ3v) is 6.17. The fourth-order valence-electron chi connectivity index (χ4n) is 2.97. The number of benzene rings is 2. The Morgan fingerprint density at radius 1 is 0.935 bits per heavy atom. The molecule has 0 aliphatic rings. The van der Waals surface area contributed by atoms with Crippen LogP contribution in [0.15, 0.2) is 59.5 Å². The lowest BCUT2D eigenvalue weighted by Crippen LogP contribution is -2.16. The van der Waals surface area contributed by atoms with Crippen LogP contribution in [0.5, 0.6) is 5.75 Å². The maximum absolute atomic E-state index is 12.7. The number of sulfonamides is 1. The Morgan fingerprint density at radius 3 is 2.13 bits per heavy atom. The molecule has 9 heteroatoms. The van der Waals surface area contributed by atoms with E-state index in [4.69, 9.17) is 4.74 Å². The third kappa shape index (κ3) is 5.16. The fourth-order valence-corrected chi connectivity index (χ4v) is 4.04. The molecule has 0 bridgehead atoms. The number of hydrogen-bond donors (Lipinski definition) is 1. The van der Waals surface area contributed by atoms with Crippen molar-refractivity contribution >= 4 is 15.8 Å². The monoisotopic (exact) mass is 450 g/mol. The first kappa shape index (κ1) is 22.6. The predicted molar refractivity (Wildman–Crippen MR) is 111 cm³/mol. The number of nitrogens with zero attached hydrogens (tertiary/aromatic N) is 1. The summed E-state index contributed by atoms with van der Waals surface area (Å²) in [6.07, 6.45) is -4.54. The van der Waals surface area contributed by atoms with Crippen LogP contribution < -0.4 is 9.46 Å². The highest BCUT2D eigenvalue weighted by Crippen LogP contribution is 2.32. The maximum atomic E-state index is 12.7. The van der Waals surface area contributed by atoms with Crippen molar-refractivity contribution in [2.24, 2.45) is 0 Å². The summed E-state index contributed by atoms with van der Waals surface area (Å²) in [7, 11) is -4.12. The molecule has 0 unspecified atom stereocenters. The van der Waals surface area contributed by atoms with Crippen LogP contribution >= 0.6 is 0 Å². The zero-order chi connectivity index (χ0) is 22.8. The Kier molecular flexibility index (Phi) is 6.26. The van der Waals surface area contributed by atoms with Crippen LogP contribution in [0.25, 0.3) is 0 Å². The minimum Gasteiger partial charge on any atom is -0.487 e. The average Bonchev–Trinajstić information content (AvgIpc) is 2.72. The van der Waals surface area contributed by atoms with Crippen molar-refractivity contribution < 1.29 is 26.3 Å². The van der Waals surface area contributed by atoms with Gasteiger partial charge in [-0.25, -0.2) is 13.4 Å². The number of aromatic nitrogens is 1. The van der Waals surface area contributed by atoms with E-state index in [2.05, 4.69) is 9.71 Å². The Morgan fingerprint density at radius 2 is 1.55 bits per heavy atom. The van der Waals surface area contributed by atoms with Gasteiger partial charge >= 0.3 is 6.18 Å². The summed E-state index contributed by atoms with van der Waals surface area (Å²) >= 11 is 0. The summed E-state index contributed by atoms with van der Waals surface area (Å²) in [4.78, 5) is 4.03. The molecule has 1 heterocycles. The van der Waals surface area contributed by atoms with Gasteiger partial charge in [-0.3, -0.25) is 4.72 Å². The number of halogens is 3. The van der Waals surface area contributed by atoms with Crippen molar-refractivity contribution in [1.82, 2.24) is 4.98 Å². The van der Waals surface area contributed by atoms with Gasteiger partial charge in [0.1, 0.15) is 18.2 Å². The molecule has 3 rings (SSSR count). The number of hydrogen-bond acceptors (Lipinski definition) is 4. The van der Waals surface area contributed by atoms with Crippen molar-refractivity contribution in [3.8, 4) is 5.75 Å². The molecule has 1 N–H and O–H groups in total. The minimum absolute atomic E-state index is 0.0990. The van der Waals surface area contributed by atoms with Gasteiger partial charge < -0.3 is 4.74 Å². The van der Waals surface area contributed by atoms with Crippen LogP contribution in [0, 0.1) is 20.8 Å². The highest BCUT2D eigenvalue weighted by Gasteiger charge is 2.30. The predicted octanol–water partition coefficient (Wildman–Crippen LogP) is 5.41. The minimum atomic E-state index is -4.54. The van der Waals surface area contributed by atoms with E-state index in [1.807, 2.05) is 30.3 Å². The van der Waals surface area contributed by atoms with E-state index in [-0.39, 0.29) is 10.7 Å². The van der Waals surface area contributed by atoms with Crippen LogP contribution in [-0.2, 0) is 22.8 Å². The number of alkyl halides is 3. The Bertz CT molecular complexity index is 1180. The van der Waals surface area contributed by atoms with Gasteiger partial charge in [0, 0.05) is 0 Å². The number of anilines is 1. The third-order valence-electron chi connectivity index (χ3n) is 4.82. The van der Waals surface area contributed by atoms with Gasteiger partial charge in [0.2, 0.25) is 0 Å². The zero-order valence-electron chi connectivity index (χ0n) is 17.1. The molecule has 0 amide bonds. The van der Waals surface area contributed by atoms with Gasteiger partial charge in [-0.1, -0.05) is 30.3 Å². The molecule has 0 atom stereocenters. The Labute approximate surface area is 179 Å². The summed E-state index contributed by atoms with van der Waals surface area (Å²) in [5.74, 6) is 0.654. The molecule has 0 fully saturated rings. The molecule has 0 spiro atoms. The highest BCUT2D eigenvalue weighted by atomic mass is 32.2. The van der Waals surface area contributed by atoms with Crippen LogP contribution in [-0.4, -0.2) is 13.4 Å². The fraction of sp³-hybridized carbons (Fsp3) is 0.227. The van der Waals surface area contributed by atoms with Crippen molar-refractivity contribution in [3.05, 3.63) is 82.5 Å². The Hall–Kier alpha value is -3.07. The molecule has 3 aromatic rings. The van der Waals surface area contributed by atoms with Crippen LogP contribution in [0.2, 0.25) is 0 Å². The molecule has 0 aliphatic carbocycles. The largest absolute Gasteiger partial charge is 0.487 e. The second kappa shape index (κ2) is 8.58. The van der Waals surface area contributed by atoms with E-state index < -0.39 is 21.8 Å². The Balaban J connectivity index is 1.84. The van der Waals surface area contributed by atoms with Crippen LogP contribution in [0.4, 0.5) is 19.0 Å². The first-order valence-corrected chi connectivity index (χ1v) is 10.8. The molecule has 0 saturated heterocycles. The van der Waals surface area contributed by atoms with Crippen molar-refractivity contribution in [2.45, 2.75) is 38.4 Å². The first-order chi connectivity index (χ1) is 14.5. The summed E-state index contributed by atoms with van der Waals surface area (Å²) < 4.78 is 71.8. The van der Waals surface area contributed by atoms with Crippen LogP contribution in [0.1, 0.15) is 27.9 Å². The quantitative estimate of drug-likeness (QED) is 0.546. The van der Waals surface area contributed by atoms with Gasteiger partial charge in [0.25, 0.3) is 10.0 Å². The average molecular weight is 450 g/mol. The summed E-state index contributed by atoms with van der Waals surface area (Å²) in [5, 5.41) is 0. The van der Waals surface area contributed by atoms with E-state index in [9.17, 15) is 21.6 Å². The van der Waals surface area contributed by atoms with Crippen molar-refractivity contribution in [2.75, 3.05) is 4.72 Å². The summed E-state index contributed by atoms with van der Waals surface area (Å²) in [6, 6.07) is 12.9.